The van der Waals surface area contributed by atoms with Crippen LogP contribution >= 0.6 is 0 Å². The smallest absolute Gasteiger partial charge is 0.255 e. The number of carbonyl (C=O) groups excluding carboxylic acids is 2. The van der Waals surface area contributed by atoms with Crippen LogP contribution in [-0.2, 0) is 20.6 Å². The molecule has 1 saturated heterocycles. The van der Waals surface area contributed by atoms with Crippen LogP contribution in [0.4, 0.5) is 11.4 Å². The molecular formula is C21H25N3O4S. The molecule has 0 radical (unpaired) electrons. The van der Waals surface area contributed by atoms with Crippen molar-refractivity contribution < 1.29 is 18.0 Å². The summed E-state index contributed by atoms with van der Waals surface area (Å²) in [7, 11) is -3.33. The van der Waals surface area contributed by atoms with Crippen LogP contribution < -0.4 is 10.6 Å². The number of carbonyl (C=O) groups is 2. The maximum atomic E-state index is 12.5. The fraction of sp³-hybridized carbons (Fsp3) is 0.333. The summed E-state index contributed by atoms with van der Waals surface area (Å²) in [6.07, 6.45) is 2.88. The van der Waals surface area contributed by atoms with Gasteiger partial charge in [0.05, 0.1) is 5.75 Å². The number of nitrogens with zero attached hydrogens (tertiary/aromatic N) is 1. The minimum absolute atomic E-state index is 0.0618. The third-order valence-corrected chi connectivity index (χ3v) is 6.56. The van der Waals surface area contributed by atoms with Crippen molar-refractivity contribution in [2.75, 3.05) is 23.7 Å². The Labute approximate surface area is 171 Å². The van der Waals surface area contributed by atoms with Gasteiger partial charge in [0.15, 0.2) is 0 Å². The van der Waals surface area contributed by atoms with Crippen LogP contribution in [0.1, 0.15) is 42.1 Å². The first-order valence-corrected chi connectivity index (χ1v) is 11.2. The third-order valence-electron chi connectivity index (χ3n) is 4.71. The maximum absolute atomic E-state index is 12.5. The van der Waals surface area contributed by atoms with E-state index >= 15 is 0 Å². The standard InChI is InChI=1S/C21H25N3O4S/c1-16(25)22-19-6-5-7-20(14-19)23-21(26)18-10-8-17(9-11-18)15-29(27,28)24-12-3-2-4-13-24/h5-11,14H,2-4,12-13,15H2,1H3,(H,22,25)(H,23,26). The Morgan fingerprint density at radius 3 is 2.17 bits per heavy atom. The van der Waals surface area contributed by atoms with Gasteiger partial charge < -0.3 is 10.6 Å². The number of hydrogen-bond donors (Lipinski definition) is 2. The van der Waals surface area contributed by atoms with Crippen molar-refractivity contribution in [1.82, 2.24) is 4.31 Å². The van der Waals surface area contributed by atoms with E-state index in [9.17, 15) is 18.0 Å². The summed E-state index contributed by atoms with van der Waals surface area (Å²) in [5.41, 5.74) is 2.22. The Hall–Kier alpha value is -2.71. The Morgan fingerprint density at radius 1 is 0.931 bits per heavy atom. The van der Waals surface area contributed by atoms with Crippen molar-refractivity contribution in [3.63, 3.8) is 0 Å². The Bertz CT molecular complexity index is 981. The Kier molecular flexibility index (Phi) is 6.66. The number of sulfonamides is 1. The van der Waals surface area contributed by atoms with Crippen LogP contribution in [0.25, 0.3) is 0 Å². The number of nitrogens with one attached hydrogen (secondary N) is 2. The first-order valence-electron chi connectivity index (χ1n) is 9.59. The number of benzene rings is 2. The SMILES string of the molecule is CC(=O)Nc1cccc(NC(=O)c2ccc(CS(=O)(=O)N3CCCCC3)cc2)c1. The average molecular weight is 416 g/mol. The second-order valence-corrected chi connectivity index (χ2v) is 9.10. The van der Waals surface area contributed by atoms with E-state index in [0.717, 1.165) is 19.3 Å². The van der Waals surface area contributed by atoms with Gasteiger partial charge in [0.2, 0.25) is 15.9 Å². The monoisotopic (exact) mass is 415 g/mol. The zero-order valence-corrected chi connectivity index (χ0v) is 17.2. The molecule has 0 aliphatic carbocycles. The number of anilines is 2. The number of amides is 2. The lowest BCUT2D eigenvalue weighted by atomic mass is 10.1. The second kappa shape index (κ2) is 9.19. The van der Waals surface area contributed by atoms with E-state index in [1.54, 1.807) is 52.8 Å². The lowest BCUT2D eigenvalue weighted by Crippen LogP contribution is -2.36. The third kappa shape index (κ3) is 5.88. The fourth-order valence-electron chi connectivity index (χ4n) is 3.28. The number of hydrogen-bond acceptors (Lipinski definition) is 4. The van der Waals surface area contributed by atoms with E-state index < -0.39 is 10.0 Å². The first-order chi connectivity index (χ1) is 13.8. The molecule has 3 rings (SSSR count). The molecule has 1 fully saturated rings. The average Bonchev–Trinajstić information content (AvgIpc) is 2.69. The molecule has 2 aromatic rings. The van der Waals surface area contributed by atoms with Crippen LogP contribution in [0.2, 0.25) is 0 Å². The lowest BCUT2D eigenvalue weighted by molar-refractivity contribution is -0.114. The molecule has 1 aliphatic rings. The molecule has 2 amide bonds. The molecule has 2 N–H and O–H groups in total. The normalized spacial score (nSPS) is 14.9. The second-order valence-electron chi connectivity index (χ2n) is 7.13. The van der Waals surface area contributed by atoms with Crippen molar-refractivity contribution in [3.8, 4) is 0 Å². The van der Waals surface area contributed by atoms with Gasteiger partial charge in [0, 0.05) is 37.0 Å². The molecule has 29 heavy (non-hydrogen) atoms. The predicted octanol–water partition coefficient (Wildman–Crippen LogP) is 3.21. The predicted molar refractivity (Wildman–Crippen MR) is 113 cm³/mol. The van der Waals surface area contributed by atoms with Crippen LogP contribution in [0, 0.1) is 0 Å². The molecule has 0 aromatic heterocycles. The van der Waals surface area contributed by atoms with Crippen LogP contribution in [-0.4, -0.2) is 37.6 Å². The van der Waals surface area contributed by atoms with Crippen molar-refractivity contribution >= 4 is 33.2 Å². The molecule has 1 heterocycles. The van der Waals surface area contributed by atoms with Crippen molar-refractivity contribution in [2.45, 2.75) is 31.9 Å². The molecule has 1 aliphatic heterocycles. The first kappa shape index (κ1) is 21.0. The van der Waals surface area contributed by atoms with Gasteiger partial charge in [-0.2, -0.15) is 0 Å². The minimum atomic E-state index is -3.33. The molecule has 154 valence electrons. The zero-order chi connectivity index (χ0) is 20.9. The molecule has 0 spiro atoms. The van der Waals surface area contributed by atoms with Crippen molar-refractivity contribution in [2.24, 2.45) is 0 Å². The fourth-order valence-corrected chi connectivity index (χ4v) is 4.89. The number of piperidine rings is 1. The molecule has 8 heteroatoms. The van der Waals surface area contributed by atoms with Crippen LogP contribution in [0.15, 0.2) is 48.5 Å². The van der Waals surface area contributed by atoms with Crippen LogP contribution in [0.5, 0.6) is 0 Å². The van der Waals surface area contributed by atoms with Gasteiger partial charge in [-0.15, -0.1) is 0 Å². The Balaban J connectivity index is 1.63. The molecule has 0 saturated carbocycles. The lowest BCUT2D eigenvalue weighted by Gasteiger charge is -2.25. The summed E-state index contributed by atoms with van der Waals surface area (Å²) in [5.74, 6) is -0.563. The van der Waals surface area contributed by atoms with Crippen molar-refractivity contribution in [1.29, 1.82) is 0 Å². The molecule has 2 aromatic carbocycles. The highest BCUT2D eigenvalue weighted by molar-refractivity contribution is 7.88. The molecule has 7 nitrogen and oxygen atoms in total. The largest absolute Gasteiger partial charge is 0.326 e. The van der Waals surface area contributed by atoms with Crippen LogP contribution in [0.3, 0.4) is 0 Å². The summed E-state index contributed by atoms with van der Waals surface area (Å²) in [4.78, 5) is 23.6. The molecule has 0 atom stereocenters. The zero-order valence-electron chi connectivity index (χ0n) is 16.3. The quantitative estimate of drug-likeness (QED) is 0.757. The summed E-state index contributed by atoms with van der Waals surface area (Å²) >= 11 is 0. The van der Waals surface area contributed by atoms with E-state index in [1.807, 2.05) is 0 Å². The van der Waals surface area contributed by atoms with Gasteiger partial charge in [0.1, 0.15) is 0 Å². The minimum Gasteiger partial charge on any atom is -0.326 e. The van der Waals surface area contributed by atoms with E-state index in [4.69, 9.17) is 0 Å². The van der Waals surface area contributed by atoms with Gasteiger partial charge in [-0.3, -0.25) is 9.59 Å². The van der Waals surface area contributed by atoms with Gasteiger partial charge >= 0.3 is 0 Å². The highest BCUT2D eigenvalue weighted by atomic mass is 32.2. The van der Waals surface area contributed by atoms with Gasteiger partial charge in [0.25, 0.3) is 5.91 Å². The highest BCUT2D eigenvalue weighted by Gasteiger charge is 2.24. The van der Waals surface area contributed by atoms with E-state index in [2.05, 4.69) is 10.6 Å². The van der Waals surface area contributed by atoms with Gasteiger partial charge in [-0.25, -0.2) is 12.7 Å². The molecular weight excluding hydrogens is 390 g/mol. The summed E-state index contributed by atoms with van der Waals surface area (Å²) in [6, 6.07) is 13.4. The maximum Gasteiger partial charge on any atom is 0.255 e. The van der Waals surface area contributed by atoms with Gasteiger partial charge in [-0.05, 0) is 48.7 Å². The molecule has 0 bridgehead atoms. The van der Waals surface area contributed by atoms with E-state index in [-0.39, 0.29) is 17.6 Å². The topological polar surface area (TPSA) is 95.6 Å². The molecule has 0 unspecified atom stereocenters. The summed E-state index contributed by atoms with van der Waals surface area (Å²) < 4.78 is 26.6. The number of rotatable bonds is 6. The van der Waals surface area contributed by atoms with Gasteiger partial charge in [-0.1, -0.05) is 24.6 Å². The Morgan fingerprint density at radius 2 is 1.55 bits per heavy atom. The summed E-state index contributed by atoms with van der Waals surface area (Å²) in [6.45, 7) is 2.58. The van der Waals surface area contributed by atoms with E-state index in [1.165, 1.54) is 6.92 Å². The van der Waals surface area contributed by atoms with Crippen molar-refractivity contribution in [3.05, 3.63) is 59.7 Å². The van der Waals surface area contributed by atoms with E-state index in [0.29, 0.717) is 35.6 Å². The highest BCUT2D eigenvalue weighted by Crippen LogP contribution is 2.19. The summed E-state index contributed by atoms with van der Waals surface area (Å²) in [5, 5.41) is 5.44.